The number of nitrogens with one attached hydrogen (secondary N) is 1. The molecule has 0 amide bonds. The number of nitrogens with zero attached hydrogens (tertiary/aromatic N) is 1. The zero-order valence-electron chi connectivity index (χ0n) is 13.3. The van der Waals surface area contributed by atoms with Gasteiger partial charge >= 0.3 is 0 Å². The van der Waals surface area contributed by atoms with Gasteiger partial charge in [-0.05, 0) is 45.6 Å². The minimum absolute atomic E-state index is 0.122. The molecule has 0 aliphatic carbocycles. The molecule has 0 saturated heterocycles. The molecule has 0 aliphatic rings. The molecule has 1 rings (SSSR count). The van der Waals surface area contributed by atoms with Gasteiger partial charge in [-0.2, -0.15) is 0 Å². The number of methoxy groups -OCH3 is 1. The van der Waals surface area contributed by atoms with Crippen LogP contribution in [0.15, 0.2) is 23.1 Å². The maximum atomic E-state index is 12.4. The second kappa shape index (κ2) is 6.74. The Morgan fingerprint density at radius 2 is 1.95 bits per heavy atom. The van der Waals surface area contributed by atoms with Gasteiger partial charge in [0.05, 0.1) is 7.11 Å². The number of rotatable bonds is 7. The standard InChI is InChI=1S/C14H25N3O3S/c1-14(2,17(3)4)10-16-21(18,19)13-7-6-11(9-15)8-12(13)20-5/h6-8,16H,9-10,15H2,1-5H3. The van der Waals surface area contributed by atoms with Crippen molar-refractivity contribution >= 4 is 10.0 Å². The van der Waals surface area contributed by atoms with E-state index in [1.165, 1.54) is 13.2 Å². The molecule has 7 heteroatoms. The largest absolute Gasteiger partial charge is 0.495 e. The molecule has 0 saturated carbocycles. The summed E-state index contributed by atoms with van der Waals surface area (Å²) in [5, 5.41) is 0. The van der Waals surface area contributed by atoms with E-state index in [0.29, 0.717) is 18.8 Å². The van der Waals surface area contributed by atoms with Crippen LogP contribution in [-0.4, -0.2) is 46.6 Å². The number of hydrogen-bond donors (Lipinski definition) is 2. The molecule has 0 radical (unpaired) electrons. The lowest BCUT2D eigenvalue weighted by Gasteiger charge is -2.32. The fraction of sp³-hybridized carbons (Fsp3) is 0.571. The Morgan fingerprint density at radius 3 is 2.43 bits per heavy atom. The van der Waals surface area contributed by atoms with E-state index in [-0.39, 0.29) is 10.4 Å². The van der Waals surface area contributed by atoms with E-state index in [9.17, 15) is 8.42 Å². The van der Waals surface area contributed by atoms with Crippen molar-refractivity contribution in [2.75, 3.05) is 27.7 Å². The highest BCUT2D eigenvalue weighted by molar-refractivity contribution is 7.89. The Morgan fingerprint density at radius 1 is 1.33 bits per heavy atom. The van der Waals surface area contributed by atoms with Crippen molar-refractivity contribution in [3.8, 4) is 5.75 Å². The first-order valence-electron chi connectivity index (χ1n) is 6.68. The summed E-state index contributed by atoms with van der Waals surface area (Å²) in [6.07, 6.45) is 0. The number of hydrogen-bond acceptors (Lipinski definition) is 5. The number of ether oxygens (including phenoxy) is 1. The van der Waals surface area contributed by atoms with E-state index in [2.05, 4.69) is 4.72 Å². The maximum Gasteiger partial charge on any atom is 0.244 e. The summed E-state index contributed by atoms with van der Waals surface area (Å²) >= 11 is 0. The minimum atomic E-state index is -3.64. The smallest absolute Gasteiger partial charge is 0.244 e. The average Bonchev–Trinajstić information content (AvgIpc) is 2.44. The topological polar surface area (TPSA) is 84.7 Å². The third-order valence-electron chi connectivity index (χ3n) is 3.66. The van der Waals surface area contributed by atoms with Crippen LogP contribution in [0.5, 0.6) is 5.75 Å². The zero-order valence-corrected chi connectivity index (χ0v) is 14.1. The Hall–Kier alpha value is -1.15. The first-order chi connectivity index (χ1) is 9.64. The Labute approximate surface area is 127 Å². The van der Waals surface area contributed by atoms with Crippen molar-refractivity contribution in [2.45, 2.75) is 30.8 Å². The molecular weight excluding hydrogens is 290 g/mol. The molecule has 21 heavy (non-hydrogen) atoms. The Kier molecular flexibility index (Phi) is 5.75. The molecular formula is C14H25N3O3S. The Bertz CT molecular complexity index is 583. The maximum absolute atomic E-state index is 12.4. The first-order valence-corrected chi connectivity index (χ1v) is 8.16. The van der Waals surface area contributed by atoms with Gasteiger partial charge in [0.25, 0.3) is 0 Å². The van der Waals surface area contributed by atoms with Crippen LogP contribution in [0.2, 0.25) is 0 Å². The van der Waals surface area contributed by atoms with Crippen molar-refractivity contribution in [1.82, 2.24) is 9.62 Å². The number of nitrogens with two attached hydrogens (primary N) is 1. The quantitative estimate of drug-likeness (QED) is 0.776. The van der Waals surface area contributed by atoms with Crippen LogP contribution >= 0.6 is 0 Å². The van der Waals surface area contributed by atoms with Crippen LogP contribution in [0.25, 0.3) is 0 Å². The van der Waals surface area contributed by atoms with Crippen LogP contribution in [-0.2, 0) is 16.6 Å². The molecule has 0 bridgehead atoms. The van der Waals surface area contributed by atoms with Crippen LogP contribution < -0.4 is 15.2 Å². The Balaban J connectivity index is 3.03. The highest BCUT2D eigenvalue weighted by atomic mass is 32.2. The van der Waals surface area contributed by atoms with E-state index in [1.54, 1.807) is 12.1 Å². The predicted octanol–water partition coefficient (Wildman–Crippen LogP) is 0.772. The van der Waals surface area contributed by atoms with Gasteiger partial charge in [-0.3, -0.25) is 0 Å². The van der Waals surface area contributed by atoms with Gasteiger partial charge < -0.3 is 15.4 Å². The molecule has 0 aromatic heterocycles. The summed E-state index contributed by atoms with van der Waals surface area (Å²) in [6, 6.07) is 4.85. The molecule has 1 aromatic carbocycles. The first kappa shape index (κ1) is 17.9. The van der Waals surface area contributed by atoms with Crippen molar-refractivity contribution in [3.63, 3.8) is 0 Å². The normalized spacial score (nSPS) is 12.7. The lowest BCUT2D eigenvalue weighted by atomic mass is 10.1. The third-order valence-corrected chi connectivity index (χ3v) is 5.10. The summed E-state index contributed by atoms with van der Waals surface area (Å²) in [5.74, 6) is 0.299. The highest BCUT2D eigenvalue weighted by Gasteiger charge is 2.26. The fourth-order valence-corrected chi connectivity index (χ4v) is 2.92. The van der Waals surface area contributed by atoms with Crippen molar-refractivity contribution < 1.29 is 13.2 Å². The van der Waals surface area contributed by atoms with Gasteiger partial charge in [0, 0.05) is 18.6 Å². The van der Waals surface area contributed by atoms with Crippen LogP contribution in [0.1, 0.15) is 19.4 Å². The summed E-state index contributed by atoms with van der Waals surface area (Å²) in [6.45, 7) is 4.55. The highest BCUT2D eigenvalue weighted by Crippen LogP contribution is 2.25. The second-order valence-corrected chi connectivity index (χ2v) is 7.46. The van der Waals surface area contributed by atoms with Crippen molar-refractivity contribution in [1.29, 1.82) is 0 Å². The van der Waals surface area contributed by atoms with E-state index in [1.807, 2.05) is 32.8 Å². The molecule has 1 aromatic rings. The summed E-state index contributed by atoms with van der Waals surface area (Å²) in [5.41, 5.74) is 6.08. The van der Waals surface area contributed by atoms with E-state index in [4.69, 9.17) is 10.5 Å². The molecule has 6 nitrogen and oxygen atoms in total. The van der Waals surface area contributed by atoms with E-state index >= 15 is 0 Å². The van der Waals surface area contributed by atoms with Crippen LogP contribution in [0.4, 0.5) is 0 Å². The molecule has 0 aliphatic heterocycles. The number of benzene rings is 1. The van der Waals surface area contributed by atoms with Gasteiger partial charge in [-0.25, -0.2) is 13.1 Å². The van der Waals surface area contributed by atoms with Gasteiger partial charge in [0.2, 0.25) is 10.0 Å². The zero-order chi connectivity index (χ0) is 16.3. The SMILES string of the molecule is COc1cc(CN)ccc1S(=O)(=O)NCC(C)(C)N(C)C. The van der Waals surface area contributed by atoms with Gasteiger partial charge in [0.1, 0.15) is 10.6 Å². The summed E-state index contributed by atoms with van der Waals surface area (Å²) in [4.78, 5) is 2.08. The molecule has 0 fully saturated rings. The molecule has 0 spiro atoms. The molecule has 0 atom stereocenters. The van der Waals surface area contributed by atoms with Crippen LogP contribution in [0.3, 0.4) is 0 Å². The fourth-order valence-electron chi connectivity index (χ4n) is 1.57. The third kappa shape index (κ3) is 4.41. The van der Waals surface area contributed by atoms with Crippen molar-refractivity contribution in [2.24, 2.45) is 5.73 Å². The molecule has 120 valence electrons. The molecule has 3 N–H and O–H groups in total. The number of sulfonamides is 1. The summed E-state index contributed by atoms with van der Waals surface area (Å²) in [7, 11) is 1.62. The second-order valence-electron chi connectivity index (χ2n) is 5.72. The van der Waals surface area contributed by atoms with E-state index in [0.717, 1.165) is 5.56 Å². The monoisotopic (exact) mass is 315 g/mol. The van der Waals surface area contributed by atoms with Crippen LogP contribution in [0, 0.1) is 0 Å². The minimum Gasteiger partial charge on any atom is -0.495 e. The molecule has 0 unspecified atom stereocenters. The van der Waals surface area contributed by atoms with E-state index < -0.39 is 10.0 Å². The number of likely N-dealkylation sites (N-methyl/N-ethyl adjacent to an activating group) is 1. The average molecular weight is 315 g/mol. The van der Waals surface area contributed by atoms with Gasteiger partial charge in [0.15, 0.2) is 0 Å². The lowest BCUT2D eigenvalue weighted by Crippen LogP contribution is -2.48. The van der Waals surface area contributed by atoms with Crippen molar-refractivity contribution in [3.05, 3.63) is 23.8 Å². The molecule has 0 heterocycles. The van der Waals surface area contributed by atoms with Gasteiger partial charge in [-0.15, -0.1) is 0 Å². The van der Waals surface area contributed by atoms with Gasteiger partial charge in [-0.1, -0.05) is 6.07 Å². The lowest BCUT2D eigenvalue weighted by molar-refractivity contribution is 0.199. The predicted molar refractivity (Wildman–Crippen MR) is 83.8 cm³/mol. The summed E-state index contributed by atoms with van der Waals surface area (Å²) < 4.78 is 32.7.